The van der Waals surface area contributed by atoms with E-state index >= 15 is 0 Å². The van der Waals surface area contributed by atoms with E-state index < -0.39 is 0 Å². The number of hydrogen-bond donors (Lipinski definition) is 0. The SMILES string of the molecule is CCCCCCc1ccc(N(c2ccccc2)c2ccc(C3CC4CCC3CCC3CCC(CC4)C(c4ccc(N(c5ccccc5)c5ccc(CCCCCC)cc5)cc4)C3)cc2)cc1. The van der Waals surface area contributed by atoms with Crippen LogP contribution in [0.15, 0.2) is 158 Å². The van der Waals surface area contributed by atoms with Gasteiger partial charge in [-0.3, -0.25) is 0 Å². The highest BCUT2D eigenvalue weighted by molar-refractivity contribution is 5.78. The monoisotopic (exact) mass is 875 g/mol. The van der Waals surface area contributed by atoms with Gasteiger partial charge >= 0.3 is 0 Å². The van der Waals surface area contributed by atoms with Crippen LogP contribution in [0.25, 0.3) is 0 Å². The summed E-state index contributed by atoms with van der Waals surface area (Å²) in [6.07, 6.45) is 26.7. The van der Waals surface area contributed by atoms with Gasteiger partial charge in [0.15, 0.2) is 0 Å². The Morgan fingerprint density at radius 1 is 0.333 bits per heavy atom. The Morgan fingerprint density at radius 2 is 0.652 bits per heavy atom. The molecule has 344 valence electrons. The molecule has 6 saturated carbocycles. The molecule has 0 amide bonds. The van der Waals surface area contributed by atoms with Crippen molar-refractivity contribution in [2.45, 2.75) is 154 Å². The highest BCUT2D eigenvalue weighted by Gasteiger charge is 2.37. The molecular weight excluding hydrogens is 797 g/mol. The fourth-order valence-electron chi connectivity index (χ4n) is 12.5. The normalized spacial score (nSPS) is 21.8. The average Bonchev–Trinajstić information content (AvgIpc) is 3.37. The molecule has 2 unspecified atom stereocenters. The van der Waals surface area contributed by atoms with Crippen LogP contribution in [-0.2, 0) is 12.8 Å². The van der Waals surface area contributed by atoms with Crippen LogP contribution in [0, 0.1) is 23.7 Å². The van der Waals surface area contributed by atoms with Gasteiger partial charge in [-0.15, -0.1) is 0 Å². The summed E-state index contributed by atoms with van der Waals surface area (Å²) in [5.74, 6) is 4.58. The summed E-state index contributed by atoms with van der Waals surface area (Å²) in [5.41, 5.74) is 13.5. The molecule has 12 rings (SSSR count). The lowest BCUT2D eigenvalue weighted by Crippen LogP contribution is -2.29. The van der Waals surface area contributed by atoms with Gasteiger partial charge in [0.05, 0.1) is 0 Å². The van der Waals surface area contributed by atoms with Crippen molar-refractivity contribution in [3.8, 4) is 0 Å². The molecule has 0 N–H and O–H groups in total. The largest absolute Gasteiger partial charge is 0.311 e. The second-order valence-electron chi connectivity index (χ2n) is 20.7. The van der Waals surface area contributed by atoms with Crippen molar-refractivity contribution in [2.24, 2.45) is 23.7 Å². The van der Waals surface area contributed by atoms with E-state index in [0.717, 1.165) is 23.7 Å². The second-order valence-corrected chi connectivity index (χ2v) is 20.7. The lowest BCUT2D eigenvalue weighted by atomic mass is 9.63. The van der Waals surface area contributed by atoms with Crippen LogP contribution < -0.4 is 9.80 Å². The van der Waals surface area contributed by atoms with Crippen molar-refractivity contribution in [3.63, 3.8) is 0 Å². The molecule has 2 heteroatoms. The van der Waals surface area contributed by atoms with Crippen molar-refractivity contribution in [3.05, 3.63) is 180 Å². The maximum absolute atomic E-state index is 2.51. The van der Waals surface area contributed by atoms with Gasteiger partial charge in [-0.25, -0.2) is 0 Å². The summed E-state index contributed by atoms with van der Waals surface area (Å²) in [5, 5.41) is 0. The van der Waals surface area contributed by atoms with E-state index in [-0.39, 0.29) is 0 Å². The van der Waals surface area contributed by atoms with Crippen molar-refractivity contribution >= 4 is 34.1 Å². The van der Waals surface area contributed by atoms with Crippen molar-refractivity contribution in [2.75, 3.05) is 9.80 Å². The Kier molecular flexibility index (Phi) is 16.1. The summed E-state index contributed by atoms with van der Waals surface area (Å²) in [4.78, 5) is 4.90. The smallest absolute Gasteiger partial charge is 0.0461 e. The topological polar surface area (TPSA) is 6.48 Å². The molecule has 6 fully saturated rings. The highest BCUT2D eigenvalue weighted by atomic mass is 15.1. The van der Waals surface area contributed by atoms with Gasteiger partial charge in [-0.05, 0) is 195 Å². The lowest BCUT2D eigenvalue weighted by Gasteiger charge is -2.42. The van der Waals surface area contributed by atoms with Gasteiger partial charge < -0.3 is 9.80 Å². The molecule has 0 heterocycles. The Hall–Kier alpha value is -5.08. The first-order valence-corrected chi connectivity index (χ1v) is 26.7. The number of nitrogens with zero attached hydrogens (tertiary/aromatic N) is 2. The van der Waals surface area contributed by atoms with E-state index in [9.17, 15) is 0 Å². The summed E-state index contributed by atoms with van der Waals surface area (Å²) in [6, 6.07) is 60.4. The zero-order valence-corrected chi connectivity index (χ0v) is 40.5. The van der Waals surface area contributed by atoms with Gasteiger partial charge in [0, 0.05) is 34.1 Å². The first-order chi connectivity index (χ1) is 32.6. The number of unbranched alkanes of at least 4 members (excludes halogenated alkanes) is 6. The summed E-state index contributed by atoms with van der Waals surface area (Å²) in [6.45, 7) is 4.58. The molecule has 66 heavy (non-hydrogen) atoms. The molecule has 4 bridgehead atoms. The first-order valence-electron chi connectivity index (χ1n) is 26.7. The van der Waals surface area contributed by atoms with Crippen LogP contribution >= 0.6 is 0 Å². The Balaban J connectivity index is 0.883. The third-order valence-electron chi connectivity index (χ3n) is 16.3. The quantitative estimate of drug-likeness (QED) is 0.0794. The average molecular weight is 875 g/mol. The van der Waals surface area contributed by atoms with E-state index in [0.29, 0.717) is 11.8 Å². The van der Waals surface area contributed by atoms with E-state index in [2.05, 4.69) is 181 Å². The van der Waals surface area contributed by atoms with Crippen LogP contribution in [0.2, 0.25) is 0 Å². The van der Waals surface area contributed by atoms with Gasteiger partial charge in [-0.1, -0.05) is 163 Å². The maximum atomic E-state index is 2.51. The maximum Gasteiger partial charge on any atom is 0.0461 e. The number of rotatable bonds is 18. The minimum Gasteiger partial charge on any atom is -0.311 e. The molecule has 0 saturated heterocycles. The van der Waals surface area contributed by atoms with E-state index in [1.807, 2.05) is 0 Å². The van der Waals surface area contributed by atoms with Crippen molar-refractivity contribution in [1.29, 1.82) is 0 Å². The Labute approximate surface area is 399 Å². The van der Waals surface area contributed by atoms with Gasteiger partial charge in [0.25, 0.3) is 0 Å². The summed E-state index contributed by atoms with van der Waals surface area (Å²) >= 11 is 0. The molecule has 6 aliphatic carbocycles. The molecule has 0 aliphatic heterocycles. The van der Waals surface area contributed by atoms with E-state index in [1.165, 1.54) is 174 Å². The number of anilines is 6. The minimum absolute atomic E-state index is 0.672. The lowest BCUT2D eigenvalue weighted by molar-refractivity contribution is 0.145. The zero-order valence-electron chi connectivity index (χ0n) is 40.5. The predicted octanol–water partition coefficient (Wildman–Crippen LogP) is 19.1. The standard InChI is InChI=1S/C64H78N2/c1-3-5-7-11-17-49-27-39-59(40-28-49)65(57-19-13-9-14-20-57)61-43-35-55(36-44-61)63-47-51-23-31-53(63)33-25-52-24-32-54(34-26-51)64(48-52)56-37-45-62(46-38-56)66(58-21-15-10-16-22-58)60-41-29-50(30-42-60)18-12-8-6-4-2/h9-10,13-16,19-22,27-30,35-46,51-54,63-64H,3-8,11-12,17-18,23-26,31-34,47-48H2,1-2H3. The molecule has 6 aromatic carbocycles. The summed E-state index contributed by atoms with van der Waals surface area (Å²) in [7, 11) is 0. The molecule has 2 atom stereocenters. The number of hydrogen-bond acceptors (Lipinski definition) is 2. The fourth-order valence-corrected chi connectivity index (χ4v) is 12.5. The van der Waals surface area contributed by atoms with Crippen LogP contribution in [0.5, 0.6) is 0 Å². The molecule has 0 aromatic heterocycles. The summed E-state index contributed by atoms with van der Waals surface area (Å²) < 4.78 is 0. The van der Waals surface area contributed by atoms with Crippen LogP contribution in [0.3, 0.4) is 0 Å². The van der Waals surface area contributed by atoms with E-state index in [1.54, 1.807) is 11.1 Å². The second kappa shape index (κ2) is 23.1. The number of para-hydroxylation sites is 2. The molecule has 6 aromatic rings. The Bertz CT molecular complexity index is 2150. The Morgan fingerprint density at radius 3 is 0.985 bits per heavy atom. The van der Waals surface area contributed by atoms with Gasteiger partial charge in [0.1, 0.15) is 0 Å². The van der Waals surface area contributed by atoms with Gasteiger partial charge in [-0.2, -0.15) is 0 Å². The van der Waals surface area contributed by atoms with E-state index in [4.69, 9.17) is 0 Å². The van der Waals surface area contributed by atoms with Crippen LogP contribution in [-0.4, -0.2) is 0 Å². The van der Waals surface area contributed by atoms with Crippen LogP contribution in [0.1, 0.15) is 164 Å². The number of aryl methyl sites for hydroxylation is 2. The molecule has 0 radical (unpaired) electrons. The van der Waals surface area contributed by atoms with Crippen LogP contribution in [0.4, 0.5) is 34.1 Å². The minimum atomic E-state index is 0.672. The fraction of sp³-hybridized carbons (Fsp3) is 0.438. The predicted molar refractivity (Wildman–Crippen MR) is 284 cm³/mol. The third-order valence-corrected chi connectivity index (χ3v) is 16.3. The van der Waals surface area contributed by atoms with Crippen molar-refractivity contribution < 1.29 is 0 Å². The highest BCUT2D eigenvalue weighted by Crippen LogP contribution is 2.51. The third kappa shape index (κ3) is 11.5. The van der Waals surface area contributed by atoms with Gasteiger partial charge in [0.2, 0.25) is 0 Å². The first kappa shape index (κ1) is 46.0. The molecule has 2 nitrogen and oxygen atoms in total. The molecule has 6 aliphatic rings. The molecule has 0 spiro atoms. The van der Waals surface area contributed by atoms with Crippen molar-refractivity contribution in [1.82, 2.24) is 0 Å². The zero-order chi connectivity index (χ0) is 44.9. The number of benzene rings is 6. The molecular formula is C64H78N2.